The Bertz CT molecular complexity index is 477. The number of rotatable bonds is 2. The first-order valence-corrected chi connectivity index (χ1v) is 5.69. The molecular formula is C10H12N4OS. The number of thiazole rings is 1. The zero-order valence-electron chi connectivity index (χ0n) is 9.04. The van der Waals surface area contributed by atoms with Crippen molar-refractivity contribution in [3.8, 4) is 0 Å². The highest BCUT2D eigenvalue weighted by atomic mass is 32.1. The quantitative estimate of drug-likeness (QED) is 0.867. The molecule has 84 valence electrons. The summed E-state index contributed by atoms with van der Waals surface area (Å²) in [6.07, 6.45) is 6.45. The van der Waals surface area contributed by atoms with Gasteiger partial charge in [-0.1, -0.05) is 0 Å². The van der Waals surface area contributed by atoms with Crippen molar-refractivity contribution in [1.82, 2.24) is 19.9 Å². The fourth-order valence-electron chi connectivity index (χ4n) is 1.27. The number of aromatic nitrogens is 3. The van der Waals surface area contributed by atoms with Gasteiger partial charge in [0.1, 0.15) is 11.3 Å². The van der Waals surface area contributed by atoms with E-state index in [4.69, 9.17) is 0 Å². The molecule has 0 aromatic carbocycles. The van der Waals surface area contributed by atoms with Gasteiger partial charge in [-0.05, 0) is 13.8 Å². The number of aryl methyl sites for hydroxylation is 1. The number of nitrogens with zero attached hydrogens (tertiary/aromatic N) is 3. The Morgan fingerprint density at radius 1 is 1.62 bits per heavy atom. The first kappa shape index (κ1) is 10.8. The lowest BCUT2D eigenvalue weighted by atomic mass is 10.4. The topological polar surface area (TPSA) is 59.8 Å². The zero-order chi connectivity index (χ0) is 11.5. The normalized spacial score (nSPS) is 12.4. The van der Waals surface area contributed by atoms with Gasteiger partial charge in [-0.2, -0.15) is 0 Å². The minimum atomic E-state index is -0.196. The highest BCUT2D eigenvalue weighted by Gasteiger charge is 2.13. The molecule has 1 N–H and O–H groups in total. The molecule has 1 atom stereocenters. The zero-order valence-corrected chi connectivity index (χ0v) is 9.86. The first-order chi connectivity index (χ1) is 7.66. The van der Waals surface area contributed by atoms with Crippen LogP contribution in [0.15, 0.2) is 24.9 Å². The molecule has 0 bridgehead atoms. The van der Waals surface area contributed by atoms with Crippen molar-refractivity contribution in [3.63, 3.8) is 0 Å². The molecule has 2 heterocycles. The molecule has 16 heavy (non-hydrogen) atoms. The van der Waals surface area contributed by atoms with E-state index in [-0.39, 0.29) is 12.1 Å². The van der Waals surface area contributed by atoms with Gasteiger partial charge in [0.05, 0.1) is 6.04 Å². The minimum Gasteiger partial charge on any atom is -0.328 e. The molecule has 0 radical (unpaired) electrons. The summed E-state index contributed by atoms with van der Waals surface area (Å²) in [5.74, 6) is 0. The summed E-state index contributed by atoms with van der Waals surface area (Å²) >= 11 is 1.58. The van der Waals surface area contributed by atoms with Gasteiger partial charge in [-0.25, -0.2) is 14.8 Å². The van der Waals surface area contributed by atoms with Crippen LogP contribution in [0.4, 0.5) is 4.79 Å². The van der Waals surface area contributed by atoms with Gasteiger partial charge in [-0.3, -0.25) is 4.57 Å². The third-order valence-electron chi connectivity index (χ3n) is 2.09. The van der Waals surface area contributed by atoms with Crippen molar-refractivity contribution in [2.45, 2.75) is 19.9 Å². The second kappa shape index (κ2) is 4.44. The van der Waals surface area contributed by atoms with E-state index in [1.807, 2.05) is 13.8 Å². The Hall–Kier alpha value is -1.69. The van der Waals surface area contributed by atoms with Crippen LogP contribution in [0, 0.1) is 6.92 Å². The summed E-state index contributed by atoms with van der Waals surface area (Å²) in [6, 6.07) is -0.286. The first-order valence-electron chi connectivity index (χ1n) is 4.88. The number of carbonyl (C=O) groups is 1. The van der Waals surface area contributed by atoms with Crippen LogP contribution in [0.3, 0.4) is 0 Å². The van der Waals surface area contributed by atoms with Crippen LogP contribution >= 0.6 is 11.3 Å². The molecule has 6 heteroatoms. The molecule has 2 rings (SSSR count). The number of carbonyl (C=O) groups excluding carboxylic acids is 1. The second-order valence-electron chi connectivity index (χ2n) is 3.45. The third-order valence-corrected chi connectivity index (χ3v) is 3.18. The van der Waals surface area contributed by atoms with Crippen LogP contribution in [-0.2, 0) is 0 Å². The van der Waals surface area contributed by atoms with Crippen molar-refractivity contribution >= 4 is 17.4 Å². The van der Waals surface area contributed by atoms with E-state index in [1.54, 1.807) is 29.9 Å². The van der Waals surface area contributed by atoms with Crippen molar-refractivity contribution in [1.29, 1.82) is 0 Å². The fourth-order valence-corrected chi connectivity index (χ4v) is 2.05. The van der Waals surface area contributed by atoms with E-state index in [2.05, 4.69) is 15.3 Å². The molecule has 0 aliphatic carbocycles. The molecule has 0 saturated heterocycles. The molecule has 0 fully saturated rings. The van der Waals surface area contributed by atoms with Gasteiger partial charge < -0.3 is 5.32 Å². The van der Waals surface area contributed by atoms with Gasteiger partial charge in [0.2, 0.25) is 0 Å². The summed E-state index contributed by atoms with van der Waals surface area (Å²) in [5.41, 5.74) is 0. The molecule has 1 unspecified atom stereocenters. The highest BCUT2D eigenvalue weighted by Crippen LogP contribution is 2.18. The Balaban J connectivity index is 2.03. The summed E-state index contributed by atoms with van der Waals surface area (Å²) < 4.78 is 1.40. The van der Waals surface area contributed by atoms with E-state index >= 15 is 0 Å². The summed E-state index contributed by atoms with van der Waals surface area (Å²) in [5, 5.41) is 3.75. The minimum absolute atomic E-state index is 0.0893. The van der Waals surface area contributed by atoms with Gasteiger partial charge in [0.25, 0.3) is 0 Å². The molecule has 2 aromatic rings. The molecule has 0 saturated carbocycles. The highest BCUT2D eigenvalue weighted by molar-refractivity contribution is 7.11. The lowest BCUT2D eigenvalue weighted by Crippen LogP contribution is -2.30. The molecule has 0 aliphatic rings. The number of imidazole rings is 1. The van der Waals surface area contributed by atoms with Gasteiger partial charge in [0.15, 0.2) is 0 Å². The van der Waals surface area contributed by atoms with Crippen LogP contribution in [0.25, 0.3) is 0 Å². The number of hydrogen-bond donors (Lipinski definition) is 1. The predicted molar refractivity (Wildman–Crippen MR) is 61.4 cm³/mol. The maximum Gasteiger partial charge on any atom is 0.327 e. The smallest absolute Gasteiger partial charge is 0.327 e. The summed E-state index contributed by atoms with van der Waals surface area (Å²) in [7, 11) is 0. The molecule has 0 aliphatic heterocycles. The van der Waals surface area contributed by atoms with Gasteiger partial charge >= 0.3 is 6.03 Å². The van der Waals surface area contributed by atoms with E-state index in [9.17, 15) is 4.79 Å². The molecule has 2 aromatic heterocycles. The maximum atomic E-state index is 11.7. The standard InChI is InChI=1S/C10H12N4OS/c1-7-5-12-9(16-7)8(2)13-10(15)14-4-3-11-6-14/h3-6,8H,1-2H3,(H,13,15). The summed E-state index contributed by atoms with van der Waals surface area (Å²) in [4.78, 5) is 20.9. The van der Waals surface area contributed by atoms with E-state index in [1.165, 1.54) is 10.9 Å². The van der Waals surface area contributed by atoms with Crippen molar-refractivity contribution in [2.75, 3.05) is 0 Å². The van der Waals surface area contributed by atoms with E-state index in [0.717, 1.165) is 9.88 Å². The van der Waals surface area contributed by atoms with Crippen LogP contribution in [0.1, 0.15) is 22.9 Å². The lowest BCUT2D eigenvalue weighted by Gasteiger charge is -2.10. The van der Waals surface area contributed by atoms with Crippen LogP contribution in [-0.4, -0.2) is 20.6 Å². The average molecular weight is 236 g/mol. The van der Waals surface area contributed by atoms with E-state index < -0.39 is 0 Å². The van der Waals surface area contributed by atoms with Gasteiger partial charge in [0, 0.05) is 23.5 Å². The molecule has 5 nitrogen and oxygen atoms in total. The second-order valence-corrected chi connectivity index (χ2v) is 4.72. The Labute approximate surface area is 97.2 Å². The Morgan fingerprint density at radius 2 is 2.44 bits per heavy atom. The average Bonchev–Trinajstić information content (AvgIpc) is 2.87. The lowest BCUT2D eigenvalue weighted by molar-refractivity contribution is 0.239. The Kier molecular flexibility index (Phi) is 3.00. The molecular weight excluding hydrogens is 224 g/mol. The third kappa shape index (κ3) is 2.27. The largest absolute Gasteiger partial charge is 0.328 e. The van der Waals surface area contributed by atoms with Gasteiger partial charge in [-0.15, -0.1) is 11.3 Å². The fraction of sp³-hybridized carbons (Fsp3) is 0.300. The van der Waals surface area contributed by atoms with Crippen LogP contribution < -0.4 is 5.32 Å². The Morgan fingerprint density at radius 3 is 3.00 bits per heavy atom. The SMILES string of the molecule is Cc1cnc(C(C)NC(=O)n2ccnc2)s1. The molecule has 0 spiro atoms. The predicted octanol–water partition coefficient (Wildman–Crippen LogP) is 1.97. The monoisotopic (exact) mass is 236 g/mol. The van der Waals surface area contributed by atoms with Crippen molar-refractivity contribution in [2.24, 2.45) is 0 Å². The number of nitrogens with one attached hydrogen (secondary N) is 1. The van der Waals surface area contributed by atoms with E-state index in [0.29, 0.717) is 0 Å². The van der Waals surface area contributed by atoms with Crippen molar-refractivity contribution in [3.05, 3.63) is 34.8 Å². The number of amides is 1. The number of hydrogen-bond acceptors (Lipinski definition) is 4. The van der Waals surface area contributed by atoms with Crippen LogP contribution in [0.2, 0.25) is 0 Å². The van der Waals surface area contributed by atoms with Crippen LogP contribution in [0.5, 0.6) is 0 Å². The maximum absolute atomic E-state index is 11.7. The molecule has 1 amide bonds. The summed E-state index contributed by atoms with van der Waals surface area (Å²) in [6.45, 7) is 3.90. The van der Waals surface area contributed by atoms with Crippen molar-refractivity contribution < 1.29 is 4.79 Å².